The monoisotopic (exact) mass is 339 g/mol. The number of hydrogen-bond acceptors (Lipinski definition) is 3. The fourth-order valence-corrected chi connectivity index (χ4v) is 3.53. The summed E-state index contributed by atoms with van der Waals surface area (Å²) in [4.78, 5) is 22.3. The van der Waals surface area contributed by atoms with E-state index in [2.05, 4.69) is 38.4 Å². The summed E-state index contributed by atoms with van der Waals surface area (Å²) < 4.78 is 0. The van der Waals surface area contributed by atoms with E-state index >= 15 is 0 Å². The normalized spacial score (nSPS) is 18.4. The first kappa shape index (κ1) is 17.2. The average molecular weight is 339 g/mol. The van der Waals surface area contributed by atoms with Crippen LogP contribution in [-0.2, 0) is 11.3 Å². The van der Waals surface area contributed by atoms with E-state index in [0.29, 0.717) is 18.9 Å². The first-order valence-corrected chi connectivity index (χ1v) is 8.74. The molecule has 0 radical (unpaired) electrons. The summed E-state index contributed by atoms with van der Waals surface area (Å²) in [7, 11) is 1.79. The highest BCUT2D eigenvalue weighted by Crippen LogP contribution is 2.20. The van der Waals surface area contributed by atoms with Gasteiger partial charge in [-0.15, -0.1) is 0 Å². The third kappa shape index (κ3) is 4.26. The molecule has 1 fully saturated rings. The number of nitrogens with one attached hydrogen (secondary N) is 1. The van der Waals surface area contributed by atoms with E-state index in [9.17, 15) is 4.79 Å². The van der Waals surface area contributed by atoms with Crippen LogP contribution in [0.25, 0.3) is 10.9 Å². The number of piperidine rings is 1. The fraction of sp³-hybridized carbons (Fsp3) is 0.421. The summed E-state index contributed by atoms with van der Waals surface area (Å²) >= 11 is 0. The van der Waals surface area contributed by atoms with Crippen LogP contribution in [-0.4, -0.2) is 41.9 Å². The molecular weight excluding hydrogens is 314 g/mol. The minimum absolute atomic E-state index is 0.225. The number of hydrogen-bond donors (Lipinski definition) is 2. The largest absolute Gasteiger partial charge is 0.370 e. The number of carbonyl (C=O) groups excluding carboxylic acids is 1. The topological polar surface area (TPSA) is 83.6 Å². The van der Waals surface area contributed by atoms with Crippen molar-refractivity contribution < 1.29 is 4.79 Å². The molecule has 1 aliphatic heterocycles. The molecule has 1 aromatic carbocycles. The molecule has 1 aromatic heterocycles. The van der Waals surface area contributed by atoms with Crippen LogP contribution in [0.2, 0.25) is 0 Å². The summed E-state index contributed by atoms with van der Waals surface area (Å²) in [6.45, 7) is 2.43. The van der Waals surface area contributed by atoms with E-state index < -0.39 is 0 Å². The number of primary amides is 1. The number of guanidine groups is 1. The lowest BCUT2D eigenvalue weighted by molar-refractivity contribution is -0.119. The zero-order chi connectivity index (χ0) is 17.6. The summed E-state index contributed by atoms with van der Waals surface area (Å²) in [6, 6.07) is 10.2. The highest BCUT2D eigenvalue weighted by molar-refractivity contribution is 5.83. The molecule has 0 aliphatic carbocycles. The van der Waals surface area contributed by atoms with Gasteiger partial charge >= 0.3 is 0 Å². The van der Waals surface area contributed by atoms with Gasteiger partial charge in [0.2, 0.25) is 5.91 Å². The third-order valence-corrected chi connectivity index (χ3v) is 4.67. The number of nitrogens with zero attached hydrogens (tertiary/aromatic N) is 3. The summed E-state index contributed by atoms with van der Waals surface area (Å²) in [5.74, 6) is 0.947. The number of aromatic nitrogens is 1. The molecule has 0 spiro atoms. The Hall–Kier alpha value is -2.63. The van der Waals surface area contributed by atoms with Gasteiger partial charge in [0.1, 0.15) is 0 Å². The molecule has 25 heavy (non-hydrogen) atoms. The van der Waals surface area contributed by atoms with Crippen molar-refractivity contribution in [3.63, 3.8) is 0 Å². The number of likely N-dealkylation sites (tertiary alicyclic amines) is 1. The van der Waals surface area contributed by atoms with Gasteiger partial charge in [-0.25, -0.2) is 0 Å². The van der Waals surface area contributed by atoms with E-state index in [-0.39, 0.29) is 5.91 Å². The van der Waals surface area contributed by atoms with Gasteiger partial charge in [-0.2, -0.15) is 0 Å². The molecular formula is C19H25N5O. The summed E-state index contributed by atoms with van der Waals surface area (Å²) in [5.41, 5.74) is 7.51. The fourth-order valence-electron chi connectivity index (χ4n) is 3.53. The maximum Gasteiger partial charge on any atom is 0.217 e. The minimum Gasteiger partial charge on any atom is -0.370 e. The number of aliphatic imine (C=N–C) groups is 1. The molecule has 3 rings (SSSR count). The second-order valence-corrected chi connectivity index (χ2v) is 6.52. The van der Waals surface area contributed by atoms with Crippen molar-refractivity contribution in [3.05, 3.63) is 42.1 Å². The van der Waals surface area contributed by atoms with Crippen LogP contribution in [0.5, 0.6) is 0 Å². The van der Waals surface area contributed by atoms with Crippen molar-refractivity contribution in [2.75, 3.05) is 20.1 Å². The Bertz CT molecular complexity index is 768. The molecule has 2 heterocycles. The predicted molar refractivity (Wildman–Crippen MR) is 100 cm³/mol. The molecule has 3 N–H and O–H groups in total. The number of amides is 1. The number of benzene rings is 1. The SMILES string of the molecule is CN=C(NCc1cccc2cccnc12)N1CCCC(CC(N)=O)C1. The first-order chi connectivity index (χ1) is 12.2. The van der Waals surface area contributed by atoms with E-state index in [1.54, 1.807) is 7.05 Å². The lowest BCUT2D eigenvalue weighted by Gasteiger charge is -2.34. The quantitative estimate of drug-likeness (QED) is 0.658. The smallest absolute Gasteiger partial charge is 0.217 e. The van der Waals surface area contributed by atoms with Gasteiger partial charge in [-0.05, 0) is 30.4 Å². The molecule has 1 amide bonds. The molecule has 0 saturated carbocycles. The van der Waals surface area contributed by atoms with Crippen molar-refractivity contribution in [2.24, 2.45) is 16.6 Å². The van der Waals surface area contributed by atoms with Crippen molar-refractivity contribution >= 4 is 22.8 Å². The standard InChI is InChI=1S/C19H25N5O/c1-21-19(24-10-4-5-14(13-24)11-17(20)25)23-12-16-7-2-6-15-8-3-9-22-18(15)16/h2-3,6-9,14H,4-5,10-13H2,1H3,(H2,20,25)(H,21,23). The van der Waals surface area contributed by atoms with Gasteiger partial charge < -0.3 is 16.0 Å². The van der Waals surface area contributed by atoms with Gasteiger partial charge in [0, 0.05) is 44.7 Å². The number of pyridine rings is 1. The number of para-hydroxylation sites is 1. The van der Waals surface area contributed by atoms with Crippen LogP contribution in [0.3, 0.4) is 0 Å². The highest BCUT2D eigenvalue weighted by atomic mass is 16.1. The number of carbonyl (C=O) groups is 1. The van der Waals surface area contributed by atoms with Gasteiger partial charge in [-0.3, -0.25) is 14.8 Å². The summed E-state index contributed by atoms with van der Waals surface area (Å²) in [6.07, 6.45) is 4.36. The van der Waals surface area contributed by atoms with E-state index in [4.69, 9.17) is 5.73 Å². The van der Waals surface area contributed by atoms with Crippen LogP contribution in [0.4, 0.5) is 0 Å². The first-order valence-electron chi connectivity index (χ1n) is 8.74. The molecule has 1 aliphatic rings. The predicted octanol–water partition coefficient (Wildman–Crippen LogP) is 1.90. The lowest BCUT2D eigenvalue weighted by atomic mass is 9.95. The lowest BCUT2D eigenvalue weighted by Crippen LogP contribution is -2.46. The molecule has 1 saturated heterocycles. The van der Waals surface area contributed by atoms with Crippen LogP contribution in [0, 0.1) is 5.92 Å². The minimum atomic E-state index is -0.225. The van der Waals surface area contributed by atoms with Crippen LogP contribution >= 0.6 is 0 Å². The number of nitrogens with two attached hydrogens (primary N) is 1. The van der Waals surface area contributed by atoms with Crippen LogP contribution in [0.1, 0.15) is 24.8 Å². The molecule has 6 nitrogen and oxygen atoms in total. The Balaban J connectivity index is 1.67. The van der Waals surface area contributed by atoms with E-state index in [1.165, 1.54) is 0 Å². The van der Waals surface area contributed by atoms with Gasteiger partial charge in [-0.1, -0.05) is 24.3 Å². The van der Waals surface area contributed by atoms with Crippen LogP contribution in [0.15, 0.2) is 41.5 Å². The Kier molecular flexibility index (Phi) is 5.48. The Morgan fingerprint density at radius 1 is 1.40 bits per heavy atom. The number of rotatable bonds is 4. The van der Waals surface area contributed by atoms with Crippen molar-refractivity contribution in [1.29, 1.82) is 0 Å². The van der Waals surface area contributed by atoms with E-state index in [0.717, 1.165) is 48.4 Å². The van der Waals surface area contributed by atoms with Crippen molar-refractivity contribution in [1.82, 2.24) is 15.2 Å². The zero-order valence-electron chi connectivity index (χ0n) is 14.6. The molecule has 1 unspecified atom stereocenters. The Morgan fingerprint density at radius 3 is 3.04 bits per heavy atom. The summed E-state index contributed by atoms with van der Waals surface area (Å²) in [5, 5.41) is 4.58. The molecule has 0 bridgehead atoms. The molecule has 6 heteroatoms. The van der Waals surface area contributed by atoms with Gasteiger partial charge in [0.05, 0.1) is 5.52 Å². The maximum atomic E-state index is 11.2. The van der Waals surface area contributed by atoms with Crippen molar-refractivity contribution in [2.45, 2.75) is 25.8 Å². The maximum absolute atomic E-state index is 11.2. The van der Waals surface area contributed by atoms with E-state index in [1.807, 2.05) is 18.3 Å². The third-order valence-electron chi connectivity index (χ3n) is 4.67. The zero-order valence-corrected chi connectivity index (χ0v) is 14.6. The molecule has 132 valence electrons. The second-order valence-electron chi connectivity index (χ2n) is 6.52. The van der Waals surface area contributed by atoms with Gasteiger partial charge in [0.15, 0.2) is 5.96 Å². The van der Waals surface area contributed by atoms with Crippen LogP contribution < -0.4 is 11.1 Å². The average Bonchev–Trinajstić information content (AvgIpc) is 2.62. The van der Waals surface area contributed by atoms with Gasteiger partial charge in [0.25, 0.3) is 0 Å². The van der Waals surface area contributed by atoms with Crippen molar-refractivity contribution in [3.8, 4) is 0 Å². The second kappa shape index (κ2) is 7.96. The number of fused-ring (bicyclic) bond motifs is 1. The Morgan fingerprint density at radius 2 is 2.24 bits per heavy atom. The molecule has 1 atom stereocenters. The Labute approximate surface area is 148 Å². The molecule has 2 aromatic rings. The highest BCUT2D eigenvalue weighted by Gasteiger charge is 2.23.